The van der Waals surface area contributed by atoms with Crippen molar-refractivity contribution in [1.29, 1.82) is 0 Å². The Hall–Kier alpha value is -1.65. The van der Waals surface area contributed by atoms with Crippen LogP contribution in [0.1, 0.15) is 22.8 Å². The third kappa shape index (κ3) is 5.61. The zero-order valence-electron chi connectivity index (χ0n) is 10.7. The van der Waals surface area contributed by atoms with E-state index in [1.807, 2.05) is 19.1 Å². The van der Waals surface area contributed by atoms with Crippen molar-refractivity contribution < 1.29 is 9.53 Å². The summed E-state index contributed by atoms with van der Waals surface area (Å²) in [5.74, 6) is -0.400. The van der Waals surface area contributed by atoms with Gasteiger partial charge in [-0.25, -0.2) is 0 Å². The van der Waals surface area contributed by atoms with Gasteiger partial charge in [-0.1, -0.05) is 24.3 Å². The van der Waals surface area contributed by atoms with Crippen LogP contribution >= 0.6 is 0 Å². The maximum Gasteiger partial charge on any atom is 0.248 e. The quantitative estimate of drug-likeness (QED) is 0.541. The Kier molecular flexibility index (Phi) is 6.11. The van der Waals surface area contributed by atoms with E-state index in [9.17, 15) is 4.79 Å². The van der Waals surface area contributed by atoms with Gasteiger partial charge in [-0.15, -0.1) is 0 Å². The highest BCUT2D eigenvalue weighted by atomic mass is 16.5. The fraction of sp³-hybridized carbons (Fsp3) is 0.357. The normalized spacial score (nSPS) is 10.3. The van der Waals surface area contributed by atoms with E-state index in [-0.39, 0.29) is 0 Å². The third-order valence-corrected chi connectivity index (χ3v) is 2.34. The standard InChI is InChI=1S/C14H20N2O2/c1-11(2)10-18-8-7-16-9-12-3-5-13(6-4-12)14(15)17/h3-6,16H,1,7-10H2,2H3,(H2,15,17). The molecule has 1 amide bonds. The monoisotopic (exact) mass is 248 g/mol. The van der Waals surface area contributed by atoms with Crippen LogP contribution in [0.3, 0.4) is 0 Å². The van der Waals surface area contributed by atoms with Gasteiger partial charge < -0.3 is 15.8 Å². The van der Waals surface area contributed by atoms with Gasteiger partial charge in [-0.05, 0) is 24.6 Å². The number of amides is 1. The molecule has 98 valence electrons. The molecule has 0 heterocycles. The van der Waals surface area contributed by atoms with Crippen molar-refractivity contribution in [1.82, 2.24) is 5.32 Å². The highest BCUT2D eigenvalue weighted by Gasteiger charge is 1.99. The van der Waals surface area contributed by atoms with E-state index in [0.29, 0.717) is 18.8 Å². The molecule has 1 rings (SSSR count). The maximum absolute atomic E-state index is 10.9. The number of carbonyl (C=O) groups excluding carboxylic acids is 1. The van der Waals surface area contributed by atoms with Crippen molar-refractivity contribution in [3.05, 3.63) is 47.5 Å². The Bertz CT molecular complexity index is 399. The zero-order valence-corrected chi connectivity index (χ0v) is 10.7. The van der Waals surface area contributed by atoms with Crippen LogP contribution in [0.25, 0.3) is 0 Å². The van der Waals surface area contributed by atoms with E-state index in [4.69, 9.17) is 10.5 Å². The fourth-order valence-corrected chi connectivity index (χ4v) is 1.41. The maximum atomic E-state index is 10.9. The molecule has 0 saturated heterocycles. The van der Waals surface area contributed by atoms with E-state index < -0.39 is 5.91 Å². The summed E-state index contributed by atoms with van der Waals surface area (Å²) in [6.45, 7) is 8.49. The lowest BCUT2D eigenvalue weighted by atomic mass is 10.1. The molecule has 0 aliphatic heterocycles. The summed E-state index contributed by atoms with van der Waals surface area (Å²) in [5.41, 5.74) is 7.83. The van der Waals surface area contributed by atoms with Crippen LogP contribution in [0.2, 0.25) is 0 Å². The molecule has 4 heteroatoms. The second-order valence-corrected chi connectivity index (χ2v) is 4.25. The molecule has 1 aromatic rings. The molecule has 4 nitrogen and oxygen atoms in total. The molecule has 0 radical (unpaired) electrons. The molecular formula is C14H20N2O2. The van der Waals surface area contributed by atoms with Crippen molar-refractivity contribution in [3.63, 3.8) is 0 Å². The minimum Gasteiger partial charge on any atom is -0.376 e. The molecule has 0 aliphatic rings. The number of hydrogen-bond acceptors (Lipinski definition) is 3. The predicted molar refractivity (Wildman–Crippen MR) is 72.3 cm³/mol. The lowest BCUT2D eigenvalue weighted by Crippen LogP contribution is -2.19. The minimum atomic E-state index is -0.400. The van der Waals surface area contributed by atoms with E-state index >= 15 is 0 Å². The first kappa shape index (κ1) is 14.4. The molecule has 0 spiro atoms. The number of nitrogens with one attached hydrogen (secondary N) is 1. The summed E-state index contributed by atoms with van der Waals surface area (Å²) >= 11 is 0. The number of primary amides is 1. The number of benzene rings is 1. The molecule has 3 N–H and O–H groups in total. The van der Waals surface area contributed by atoms with E-state index in [1.165, 1.54) is 0 Å². The van der Waals surface area contributed by atoms with Crippen molar-refractivity contribution in [2.24, 2.45) is 5.73 Å². The fourth-order valence-electron chi connectivity index (χ4n) is 1.41. The number of carbonyl (C=O) groups is 1. The second kappa shape index (κ2) is 7.63. The Morgan fingerprint density at radius 2 is 2.06 bits per heavy atom. The van der Waals surface area contributed by atoms with E-state index in [1.54, 1.807) is 12.1 Å². The summed E-state index contributed by atoms with van der Waals surface area (Å²) in [6, 6.07) is 7.25. The summed E-state index contributed by atoms with van der Waals surface area (Å²) in [5, 5.41) is 3.25. The van der Waals surface area contributed by atoms with Crippen LogP contribution in [0.5, 0.6) is 0 Å². The van der Waals surface area contributed by atoms with Crippen molar-refractivity contribution in [2.45, 2.75) is 13.5 Å². The first-order valence-corrected chi connectivity index (χ1v) is 5.91. The van der Waals surface area contributed by atoms with E-state index in [0.717, 1.165) is 24.2 Å². The summed E-state index contributed by atoms with van der Waals surface area (Å²) in [7, 11) is 0. The topological polar surface area (TPSA) is 64.3 Å². The molecule has 0 aliphatic carbocycles. The highest BCUT2D eigenvalue weighted by Crippen LogP contribution is 2.03. The van der Waals surface area contributed by atoms with Crippen LogP contribution in [0.4, 0.5) is 0 Å². The van der Waals surface area contributed by atoms with Crippen LogP contribution in [-0.2, 0) is 11.3 Å². The number of rotatable bonds is 8. The Labute approximate surface area is 108 Å². The van der Waals surface area contributed by atoms with Gasteiger partial charge in [-0.2, -0.15) is 0 Å². The Morgan fingerprint density at radius 1 is 1.39 bits per heavy atom. The molecular weight excluding hydrogens is 228 g/mol. The van der Waals surface area contributed by atoms with Gasteiger partial charge in [0.05, 0.1) is 13.2 Å². The molecule has 0 unspecified atom stereocenters. The lowest BCUT2D eigenvalue weighted by Gasteiger charge is -2.06. The van der Waals surface area contributed by atoms with Gasteiger partial charge in [0.15, 0.2) is 0 Å². The van der Waals surface area contributed by atoms with Gasteiger partial charge in [-0.3, -0.25) is 4.79 Å². The number of hydrogen-bond donors (Lipinski definition) is 2. The summed E-state index contributed by atoms with van der Waals surface area (Å²) in [4.78, 5) is 10.9. The van der Waals surface area contributed by atoms with Crippen LogP contribution < -0.4 is 11.1 Å². The van der Waals surface area contributed by atoms with Gasteiger partial charge in [0.1, 0.15) is 0 Å². The Morgan fingerprint density at radius 3 is 2.61 bits per heavy atom. The van der Waals surface area contributed by atoms with Crippen molar-refractivity contribution in [3.8, 4) is 0 Å². The molecule has 0 saturated carbocycles. The average Bonchev–Trinajstić information content (AvgIpc) is 2.34. The Balaban J connectivity index is 2.19. The first-order valence-electron chi connectivity index (χ1n) is 5.91. The smallest absolute Gasteiger partial charge is 0.248 e. The zero-order chi connectivity index (χ0) is 13.4. The minimum absolute atomic E-state index is 0.400. The second-order valence-electron chi connectivity index (χ2n) is 4.25. The molecule has 18 heavy (non-hydrogen) atoms. The van der Waals surface area contributed by atoms with Gasteiger partial charge in [0.25, 0.3) is 0 Å². The van der Waals surface area contributed by atoms with Crippen LogP contribution in [-0.4, -0.2) is 25.7 Å². The van der Waals surface area contributed by atoms with Crippen molar-refractivity contribution >= 4 is 5.91 Å². The van der Waals surface area contributed by atoms with Gasteiger partial charge >= 0.3 is 0 Å². The van der Waals surface area contributed by atoms with Gasteiger partial charge in [0, 0.05) is 18.7 Å². The molecule has 0 aromatic heterocycles. The molecule has 0 fully saturated rings. The number of ether oxygens (including phenoxy) is 1. The lowest BCUT2D eigenvalue weighted by molar-refractivity contribution is 0.100. The van der Waals surface area contributed by atoms with E-state index in [2.05, 4.69) is 11.9 Å². The van der Waals surface area contributed by atoms with Crippen molar-refractivity contribution in [2.75, 3.05) is 19.8 Å². The summed E-state index contributed by atoms with van der Waals surface area (Å²) < 4.78 is 5.36. The largest absolute Gasteiger partial charge is 0.376 e. The third-order valence-electron chi connectivity index (χ3n) is 2.34. The molecule has 0 bridgehead atoms. The first-order chi connectivity index (χ1) is 8.59. The highest BCUT2D eigenvalue weighted by molar-refractivity contribution is 5.92. The van der Waals surface area contributed by atoms with Crippen LogP contribution in [0, 0.1) is 0 Å². The van der Waals surface area contributed by atoms with Crippen LogP contribution in [0.15, 0.2) is 36.4 Å². The predicted octanol–water partition coefficient (Wildman–Crippen LogP) is 1.47. The SMILES string of the molecule is C=C(C)COCCNCc1ccc(C(N)=O)cc1. The summed E-state index contributed by atoms with van der Waals surface area (Å²) in [6.07, 6.45) is 0. The average molecular weight is 248 g/mol. The number of nitrogens with two attached hydrogens (primary N) is 1. The molecule has 0 atom stereocenters. The molecule has 1 aromatic carbocycles. The van der Waals surface area contributed by atoms with Gasteiger partial charge in [0.2, 0.25) is 5.91 Å².